The van der Waals surface area contributed by atoms with E-state index in [-0.39, 0.29) is 10.1 Å². The summed E-state index contributed by atoms with van der Waals surface area (Å²) in [7, 11) is -3.35. The maximum absolute atomic E-state index is 12.6. The van der Waals surface area contributed by atoms with Gasteiger partial charge in [0, 0.05) is 5.69 Å². The Morgan fingerprint density at radius 1 is 1.29 bits per heavy atom. The highest BCUT2D eigenvalue weighted by Gasteiger charge is 2.30. The van der Waals surface area contributed by atoms with E-state index >= 15 is 0 Å². The first kappa shape index (κ1) is 18.7. The second-order valence-electron chi connectivity index (χ2n) is 6.95. The number of urea groups is 1. The SMILES string of the molecule is C[C@H](NC(=O)Nc1cccc(S(=O)(=O)C2CCCC2)c1)C(C)(C)O. The Balaban J connectivity index is 2.09. The number of rotatable bonds is 5. The first-order valence-electron chi connectivity index (χ1n) is 8.24. The molecule has 1 aliphatic carbocycles. The highest BCUT2D eigenvalue weighted by molar-refractivity contribution is 7.92. The van der Waals surface area contributed by atoms with Gasteiger partial charge in [-0.05, 0) is 51.8 Å². The van der Waals surface area contributed by atoms with E-state index in [1.807, 2.05) is 0 Å². The van der Waals surface area contributed by atoms with Gasteiger partial charge in [0.15, 0.2) is 9.84 Å². The molecule has 134 valence electrons. The van der Waals surface area contributed by atoms with Gasteiger partial charge >= 0.3 is 6.03 Å². The molecule has 1 atom stereocenters. The summed E-state index contributed by atoms with van der Waals surface area (Å²) < 4.78 is 25.2. The van der Waals surface area contributed by atoms with E-state index in [1.54, 1.807) is 39.0 Å². The zero-order valence-electron chi connectivity index (χ0n) is 14.4. The molecular formula is C17H26N2O4S. The smallest absolute Gasteiger partial charge is 0.319 e. The summed E-state index contributed by atoms with van der Waals surface area (Å²) >= 11 is 0. The van der Waals surface area contributed by atoms with Gasteiger partial charge in [0.1, 0.15) is 0 Å². The lowest BCUT2D eigenvalue weighted by Crippen LogP contribution is -2.48. The third-order valence-corrected chi connectivity index (χ3v) is 6.83. The van der Waals surface area contributed by atoms with Crippen molar-refractivity contribution >= 4 is 21.6 Å². The summed E-state index contributed by atoms with van der Waals surface area (Å²) in [6.45, 7) is 4.90. The summed E-state index contributed by atoms with van der Waals surface area (Å²) in [5.74, 6) is 0. The summed E-state index contributed by atoms with van der Waals surface area (Å²) in [6.07, 6.45) is 3.28. The van der Waals surface area contributed by atoms with Crippen molar-refractivity contribution in [2.75, 3.05) is 5.32 Å². The van der Waals surface area contributed by atoms with Crippen molar-refractivity contribution in [2.24, 2.45) is 0 Å². The summed E-state index contributed by atoms with van der Waals surface area (Å²) in [5, 5.41) is 14.8. The van der Waals surface area contributed by atoms with Crippen LogP contribution in [0, 0.1) is 0 Å². The van der Waals surface area contributed by atoms with Gasteiger partial charge in [0.2, 0.25) is 0 Å². The van der Waals surface area contributed by atoms with Crippen molar-refractivity contribution in [3.8, 4) is 0 Å². The van der Waals surface area contributed by atoms with Crippen molar-refractivity contribution in [1.82, 2.24) is 5.32 Å². The zero-order chi connectivity index (χ0) is 18.0. The molecule has 2 rings (SSSR count). The van der Waals surface area contributed by atoms with Gasteiger partial charge in [-0.15, -0.1) is 0 Å². The second kappa shape index (κ2) is 7.11. The lowest BCUT2D eigenvalue weighted by atomic mass is 10.0. The highest BCUT2D eigenvalue weighted by Crippen LogP contribution is 2.30. The molecule has 0 bridgehead atoms. The minimum absolute atomic E-state index is 0.239. The number of aliphatic hydroxyl groups is 1. The third kappa shape index (κ3) is 4.48. The molecule has 0 radical (unpaired) electrons. The monoisotopic (exact) mass is 354 g/mol. The maximum atomic E-state index is 12.6. The molecule has 24 heavy (non-hydrogen) atoms. The number of hydrogen-bond donors (Lipinski definition) is 3. The molecule has 0 aromatic heterocycles. The van der Waals surface area contributed by atoms with Crippen LogP contribution in [0.25, 0.3) is 0 Å². The Hall–Kier alpha value is -1.60. The molecule has 7 heteroatoms. The predicted octanol–water partition coefficient (Wildman–Crippen LogP) is 2.68. The van der Waals surface area contributed by atoms with Crippen LogP contribution in [0.4, 0.5) is 10.5 Å². The number of amides is 2. The van der Waals surface area contributed by atoms with E-state index in [1.165, 1.54) is 6.07 Å². The molecule has 1 saturated carbocycles. The average molecular weight is 354 g/mol. The van der Waals surface area contributed by atoms with E-state index in [2.05, 4.69) is 10.6 Å². The van der Waals surface area contributed by atoms with Crippen LogP contribution in [0.3, 0.4) is 0 Å². The second-order valence-corrected chi connectivity index (χ2v) is 9.18. The molecule has 1 aliphatic rings. The molecule has 0 unspecified atom stereocenters. The van der Waals surface area contributed by atoms with Crippen molar-refractivity contribution in [1.29, 1.82) is 0 Å². The van der Waals surface area contributed by atoms with Crippen molar-refractivity contribution in [2.45, 2.75) is 68.2 Å². The highest BCUT2D eigenvalue weighted by atomic mass is 32.2. The van der Waals surface area contributed by atoms with E-state index < -0.39 is 27.5 Å². The van der Waals surface area contributed by atoms with E-state index in [9.17, 15) is 18.3 Å². The third-order valence-electron chi connectivity index (χ3n) is 4.57. The van der Waals surface area contributed by atoms with Crippen molar-refractivity contribution in [3.63, 3.8) is 0 Å². The largest absolute Gasteiger partial charge is 0.388 e. The van der Waals surface area contributed by atoms with Crippen LogP contribution < -0.4 is 10.6 Å². The number of benzene rings is 1. The van der Waals surface area contributed by atoms with Gasteiger partial charge < -0.3 is 15.7 Å². The molecule has 1 fully saturated rings. The van der Waals surface area contributed by atoms with Crippen LogP contribution in [-0.4, -0.2) is 36.4 Å². The van der Waals surface area contributed by atoms with Crippen molar-refractivity contribution in [3.05, 3.63) is 24.3 Å². The van der Waals surface area contributed by atoms with Gasteiger partial charge in [-0.25, -0.2) is 13.2 Å². The van der Waals surface area contributed by atoms with Gasteiger partial charge in [-0.2, -0.15) is 0 Å². The first-order chi connectivity index (χ1) is 11.1. The minimum Gasteiger partial charge on any atom is -0.388 e. The fraction of sp³-hybridized carbons (Fsp3) is 0.588. The zero-order valence-corrected chi connectivity index (χ0v) is 15.2. The van der Waals surface area contributed by atoms with E-state index in [0.717, 1.165) is 12.8 Å². The predicted molar refractivity (Wildman–Crippen MR) is 93.8 cm³/mol. The van der Waals surface area contributed by atoms with Crippen LogP contribution in [0.2, 0.25) is 0 Å². The van der Waals surface area contributed by atoms with E-state index in [4.69, 9.17) is 0 Å². The van der Waals surface area contributed by atoms with Gasteiger partial charge in [-0.3, -0.25) is 0 Å². The maximum Gasteiger partial charge on any atom is 0.319 e. The summed E-state index contributed by atoms with van der Waals surface area (Å²) in [4.78, 5) is 12.2. The molecule has 0 aliphatic heterocycles. The minimum atomic E-state index is -3.35. The molecule has 0 saturated heterocycles. The van der Waals surface area contributed by atoms with Crippen molar-refractivity contribution < 1.29 is 18.3 Å². The average Bonchev–Trinajstić information content (AvgIpc) is 3.01. The molecular weight excluding hydrogens is 328 g/mol. The molecule has 0 heterocycles. The number of carbonyl (C=O) groups is 1. The first-order valence-corrected chi connectivity index (χ1v) is 9.79. The van der Waals surface area contributed by atoms with Gasteiger partial charge in [0.05, 0.1) is 21.8 Å². The van der Waals surface area contributed by atoms with Crippen LogP contribution in [-0.2, 0) is 9.84 Å². The Morgan fingerprint density at radius 2 is 1.92 bits per heavy atom. The van der Waals surface area contributed by atoms with Gasteiger partial charge in [-0.1, -0.05) is 18.9 Å². The molecule has 0 spiro atoms. The number of sulfone groups is 1. The Kier molecular flexibility index (Phi) is 5.55. The van der Waals surface area contributed by atoms with Crippen LogP contribution in [0.5, 0.6) is 0 Å². The molecule has 2 amide bonds. The van der Waals surface area contributed by atoms with Crippen LogP contribution >= 0.6 is 0 Å². The summed E-state index contributed by atoms with van der Waals surface area (Å²) in [5.41, 5.74) is -0.639. The number of anilines is 1. The van der Waals surface area contributed by atoms with Crippen LogP contribution in [0.15, 0.2) is 29.2 Å². The molecule has 1 aromatic carbocycles. The van der Waals surface area contributed by atoms with E-state index in [0.29, 0.717) is 18.5 Å². The fourth-order valence-corrected chi connectivity index (χ4v) is 4.58. The Morgan fingerprint density at radius 3 is 2.50 bits per heavy atom. The normalized spacial score (nSPS) is 17.5. The Bertz CT molecular complexity index is 689. The number of hydrogen-bond acceptors (Lipinski definition) is 4. The quantitative estimate of drug-likeness (QED) is 0.757. The number of nitrogens with one attached hydrogen (secondary N) is 2. The molecule has 1 aromatic rings. The van der Waals surface area contributed by atoms with Crippen LogP contribution in [0.1, 0.15) is 46.5 Å². The number of carbonyl (C=O) groups excluding carboxylic acids is 1. The van der Waals surface area contributed by atoms with Gasteiger partial charge in [0.25, 0.3) is 0 Å². The lowest BCUT2D eigenvalue weighted by Gasteiger charge is -2.26. The summed E-state index contributed by atoms with van der Waals surface area (Å²) in [6, 6.07) is 5.37. The molecule has 6 nitrogen and oxygen atoms in total. The molecule has 3 N–H and O–H groups in total. The fourth-order valence-electron chi connectivity index (χ4n) is 2.68. The standard InChI is InChI=1S/C17H26N2O4S/c1-12(17(2,3)21)18-16(20)19-13-7-6-10-15(11-13)24(22,23)14-8-4-5-9-14/h6-7,10-12,14,21H,4-5,8-9H2,1-3H3,(H2,18,19,20)/t12-/m0/s1. The topological polar surface area (TPSA) is 95.5 Å². The lowest BCUT2D eigenvalue weighted by molar-refractivity contribution is 0.0486. The Labute approximate surface area is 143 Å².